The molecule has 10 heteroatoms. The van der Waals surface area contributed by atoms with Gasteiger partial charge < -0.3 is 35.5 Å². The zero-order valence-electron chi connectivity index (χ0n) is 27.0. The SMILES string of the molecule is CNCOc1c2cc(c3c1OC[C@@H](CCNC(N)=NCC(C)C)C3)CC[C@@H](O)CC(=O)CCc1ccc(O)c(OC)c1C#CC2. The lowest BCUT2D eigenvalue weighted by Crippen LogP contribution is -2.35. The van der Waals surface area contributed by atoms with Crippen molar-refractivity contribution in [1.29, 1.82) is 0 Å². The molecule has 0 spiro atoms. The number of aliphatic hydroxyl groups excluding tert-OH is 1. The Balaban J connectivity index is 1.68. The highest BCUT2D eigenvalue weighted by Gasteiger charge is 2.28. The van der Waals surface area contributed by atoms with Gasteiger partial charge in [-0.05, 0) is 68.2 Å². The molecule has 0 saturated heterocycles. The van der Waals surface area contributed by atoms with Crippen molar-refractivity contribution in [3.63, 3.8) is 0 Å². The predicted molar refractivity (Wildman–Crippen MR) is 175 cm³/mol. The topological polar surface area (TPSA) is 148 Å². The van der Waals surface area contributed by atoms with Crippen molar-refractivity contribution < 1.29 is 29.2 Å². The number of hydrogen-bond acceptors (Lipinski definition) is 8. The van der Waals surface area contributed by atoms with Crippen LogP contribution in [0.4, 0.5) is 0 Å². The summed E-state index contributed by atoms with van der Waals surface area (Å²) in [6.07, 6.45) is 3.07. The minimum Gasteiger partial charge on any atom is -0.504 e. The maximum atomic E-state index is 12.8. The van der Waals surface area contributed by atoms with Crippen LogP contribution in [0.3, 0.4) is 0 Å². The van der Waals surface area contributed by atoms with E-state index in [1.807, 2.05) is 7.05 Å². The number of aryl methyl sites for hydroxylation is 2. The van der Waals surface area contributed by atoms with Gasteiger partial charge in [-0.15, -0.1) is 0 Å². The number of phenolic OH excluding ortho intramolecular Hbond substituents is 1. The zero-order chi connectivity index (χ0) is 32.3. The van der Waals surface area contributed by atoms with Gasteiger partial charge >= 0.3 is 0 Å². The molecule has 2 aliphatic rings. The first-order valence-corrected chi connectivity index (χ1v) is 15.9. The Kier molecular flexibility index (Phi) is 12.4. The number of phenols is 1. The number of aliphatic hydroxyl groups is 1. The van der Waals surface area contributed by atoms with Crippen molar-refractivity contribution in [3.8, 4) is 34.8 Å². The molecule has 0 radical (unpaired) electrons. The summed E-state index contributed by atoms with van der Waals surface area (Å²) >= 11 is 0. The molecule has 2 atom stereocenters. The second kappa shape index (κ2) is 16.4. The molecule has 1 heterocycles. The molecule has 0 amide bonds. The first-order valence-electron chi connectivity index (χ1n) is 15.9. The molecular weight excluding hydrogens is 572 g/mol. The first kappa shape index (κ1) is 33.9. The summed E-state index contributed by atoms with van der Waals surface area (Å²) in [6.45, 7) is 6.40. The van der Waals surface area contributed by atoms with Crippen LogP contribution in [0.15, 0.2) is 23.2 Å². The Morgan fingerprint density at radius 3 is 2.76 bits per heavy atom. The fourth-order valence-electron chi connectivity index (χ4n) is 5.76. The fourth-order valence-corrected chi connectivity index (χ4v) is 5.76. The Labute approximate surface area is 266 Å². The number of carbonyl (C=O) groups excluding carboxylic acids is 1. The van der Waals surface area contributed by atoms with Crippen molar-refractivity contribution in [2.75, 3.05) is 40.6 Å². The first-order chi connectivity index (χ1) is 21.7. The molecule has 0 unspecified atom stereocenters. The summed E-state index contributed by atoms with van der Waals surface area (Å²) in [7, 11) is 3.31. The quantitative estimate of drug-likeness (QED) is 0.123. The summed E-state index contributed by atoms with van der Waals surface area (Å²) in [4.78, 5) is 17.2. The number of nitrogens with one attached hydrogen (secondary N) is 2. The van der Waals surface area contributed by atoms with Gasteiger partial charge in [0.2, 0.25) is 0 Å². The van der Waals surface area contributed by atoms with E-state index in [-0.39, 0.29) is 36.0 Å². The highest BCUT2D eigenvalue weighted by Crippen LogP contribution is 2.43. The molecular formula is C35H48N4O6. The van der Waals surface area contributed by atoms with Gasteiger partial charge in [-0.2, -0.15) is 0 Å². The fraction of sp³-hybridized carbons (Fsp3) is 0.543. The maximum Gasteiger partial charge on any atom is 0.188 e. The number of aliphatic imine (C=N–C) groups is 1. The number of Topliss-reactive ketones (excluding diaryl/α,β-unsaturated/α-hetero) is 1. The van der Waals surface area contributed by atoms with Gasteiger partial charge in [0.05, 0.1) is 25.4 Å². The Morgan fingerprint density at radius 1 is 1.18 bits per heavy atom. The smallest absolute Gasteiger partial charge is 0.188 e. The number of rotatable bonds is 9. The van der Waals surface area contributed by atoms with Gasteiger partial charge in [-0.25, -0.2) is 0 Å². The lowest BCUT2D eigenvalue weighted by molar-refractivity contribution is -0.121. The molecule has 4 rings (SSSR count). The third-order valence-electron chi connectivity index (χ3n) is 8.11. The van der Waals surface area contributed by atoms with Crippen LogP contribution in [0.1, 0.15) is 67.3 Å². The predicted octanol–water partition coefficient (Wildman–Crippen LogP) is 3.25. The van der Waals surface area contributed by atoms with Gasteiger partial charge in [0.25, 0.3) is 0 Å². The molecule has 45 heavy (non-hydrogen) atoms. The molecule has 6 N–H and O–H groups in total. The highest BCUT2D eigenvalue weighted by molar-refractivity contribution is 5.79. The molecule has 0 fully saturated rings. The van der Waals surface area contributed by atoms with Crippen LogP contribution in [0.5, 0.6) is 23.0 Å². The zero-order valence-corrected chi connectivity index (χ0v) is 27.0. The molecule has 10 nitrogen and oxygen atoms in total. The minimum atomic E-state index is -0.760. The van der Waals surface area contributed by atoms with Crippen molar-refractivity contribution in [1.82, 2.24) is 10.6 Å². The molecule has 244 valence electrons. The molecule has 1 aliphatic carbocycles. The van der Waals surface area contributed by atoms with E-state index in [0.29, 0.717) is 81.1 Å². The second-order valence-electron chi connectivity index (χ2n) is 12.3. The van der Waals surface area contributed by atoms with Crippen molar-refractivity contribution in [3.05, 3.63) is 46.0 Å². The number of hydrogen-bond donors (Lipinski definition) is 5. The average molecular weight is 621 g/mol. The molecule has 0 saturated carbocycles. The summed E-state index contributed by atoms with van der Waals surface area (Å²) in [6, 6.07) is 5.44. The van der Waals surface area contributed by atoms with E-state index in [4.69, 9.17) is 19.9 Å². The molecule has 2 aromatic carbocycles. The normalized spacial score (nSPS) is 18.8. The number of nitrogens with zero attached hydrogens (tertiary/aromatic N) is 1. The Hall–Kier alpha value is -3.94. The third kappa shape index (κ3) is 9.28. The van der Waals surface area contributed by atoms with Crippen molar-refractivity contribution in [2.24, 2.45) is 22.6 Å². The van der Waals surface area contributed by atoms with E-state index in [9.17, 15) is 15.0 Å². The highest BCUT2D eigenvalue weighted by atomic mass is 16.5. The van der Waals surface area contributed by atoms with Crippen LogP contribution >= 0.6 is 0 Å². The number of nitrogens with two attached hydrogens (primary N) is 1. The number of fused-ring (bicyclic) bond motifs is 5. The Bertz CT molecular complexity index is 1430. The standard InChI is InChI=1S/C35H48N4O6/c1-22(2)19-39-35(36)38-15-14-23-16-30-25-9-12-28(41)18-27(40)11-8-24-10-13-31(42)33(43-4)29(24)7-5-6-26(17-25)32(45-21-37-3)34(30)44-20-23/h10,13,17,22-23,28,37,41-42H,6,8-9,11-12,14-16,18-21H2,1-4H3,(H3,36,38,39)/t23-,28+/m0/s1. The number of guanidine groups is 1. The van der Waals surface area contributed by atoms with Gasteiger partial charge in [-0.1, -0.05) is 37.8 Å². The number of ketones is 1. The average Bonchev–Trinajstić information content (AvgIpc) is 3.01. The molecule has 2 bridgehead atoms. The number of carbonyl (C=O) groups is 1. The molecule has 2 aromatic rings. The van der Waals surface area contributed by atoms with Crippen LogP contribution < -0.4 is 30.6 Å². The molecule has 0 aromatic heterocycles. The molecule has 1 aliphatic heterocycles. The van der Waals surface area contributed by atoms with Crippen LogP contribution in [0, 0.1) is 23.7 Å². The van der Waals surface area contributed by atoms with E-state index >= 15 is 0 Å². The minimum absolute atomic E-state index is 0.0111. The van der Waals surface area contributed by atoms with Crippen molar-refractivity contribution >= 4 is 11.7 Å². The van der Waals surface area contributed by atoms with E-state index in [0.717, 1.165) is 35.1 Å². The number of benzene rings is 2. The van der Waals surface area contributed by atoms with Gasteiger partial charge in [0, 0.05) is 43.5 Å². The van der Waals surface area contributed by atoms with Crippen LogP contribution in [0.25, 0.3) is 0 Å². The summed E-state index contributed by atoms with van der Waals surface area (Å²) < 4.78 is 18.1. The van der Waals surface area contributed by atoms with E-state index in [2.05, 4.69) is 47.4 Å². The van der Waals surface area contributed by atoms with Crippen LogP contribution in [0.2, 0.25) is 0 Å². The second-order valence-corrected chi connectivity index (χ2v) is 12.3. The lowest BCUT2D eigenvalue weighted by Gasteiger charge is -2.30. The number of ether oxygens (including phenoxy) is 3. The number of methoxy groups -OCH3 is 1. The van der Waals surface area contributed by atoms with Gasteiger partial charge in [0.1, 0.15) is 12.5 Å². The largest absolute Gasteiger partial charge is 0.504 e. The number of aromatic hydroxyl groups is 1. The summed E-state index contributed by atoms with van der Waals surface area (Å²) in [5.41, 5.74) is 10.4. The van der Waals surface area contributed by atoms with Crippen LogP contribution in [-0.4, -0.2) is 68.6 Å². The van der Waals surface area contributed by atoms with E-state index < -0.39 is 6.10 Å². The third-order valence-corrected chi connectivity index (χ3v) is 8.11. The van der Waals surface area contributed by atoms with Crippen LogP contribution in [-0.2, 0) is 30.5 Å². The maximum absolute atomic E-state index is 12.8. The van der Waals surface area contributed by atoms with Gasteiger partial charge in [-0.3, -0.25) is 15.1 Å². The summed E-state index contributed by atoms with van der Waals surface area (Å²) in [5, 5.41) is 27.6. The lowest BCUT2D eigenvalue weighted by atomic mass is 9.86. The van der Waals surface area contributed by atoms with E-state index in [1.54, 1.807) is 12.1 Å². The Morgan fingerprint density at radius 2 is 2.00 bits per heavy atom. The van der Waals surface area contributed by atoms with Gasteiger partial charge in [0.15, 0.2) is 29.0 Å². The van der Waals surface area contributed by atoms with E-state index in [1.165, 1.54) is 7.11 Å². The summed E-state index contributed by atoms with van der Waals surface area (Å²) in [5.74, 6) is 9.25. The monoisotopic (exact) mass is 620 g/mol. The van der Waals surface area contributed by atoms with Crippen molar-refractivity contribution in [2.45, 2.75) is 71.3 Å².